The molecule has 96 valence electrons. The summed E-state index contributed by atoms with van der Waals surface area (Å²) in [6.07, 6.45) is 2.48. The molecule has 3 rings (SSSR count). The third-order valence-corrected chi connectivity index (χ3v) is 4.09. The molecule has 0 atom stereocenters. The molecule has 1 fully saturated rings. The summed E-state index contributed by atoms with van der Waals surface area (Å²) in [4.78, 5) is 12.3. The second-order valence-electron chi connectivity index (χ2n) is 4.85. The highest BCUT2D eigenvalue weighted by molar-refractivity contribution is 7.71. The molecule has 18 heavy (non-hydrogen) atoms. The largest absolute Gasteiger partial charge is 0.303 e. The van der Waals surface area contributed by atoms with Crippen molar-refractivity contribution in [2.45, 2.75) is 25.3 Å². The van der Waals surface area contributed by atoms with Gasteiger partial charge in [0, 0.05) is 12.5 Å². The zero-order valence-electron chi connectivity index (χ0n) is 10.4. The fourth-order valence-corrected chi connectivity index (χ4v) is 3.25. The van der Waals surface area contributed by atoms with Gasteiger partial charge in [-0.25, -0.2) is 4.98 Å². The fourth-order valence-electron chi connectivity index (χ4n) is 1.90. The van der Waals surface area contributed by atoms with Gasteiger partial charge in [-0.3, -0.25) is 10.2 Å². The SMILES string of the molecule is CN(C)Cc1nc(C2CC2)c(-c2nc(=S)[nH][nH]2)s1. The van der Waals surface area contributed by atoms with Crippen LogP contribution >= 0.6 is 23.6 Å². The van der Waals surface area contributed by atoms with Crippen LogP contribution in [0.3, 0.4) is 0 Å². The first kappa shape index (κ1) is 12.0. The third kappa shape index (κ3) is 2.38. The first-order valence-corrected chi connectivity index (χ1v) is 7.15. The maximum absolute atomic E-state index is 5.01. The van der Waals surface area contributed by atoms with E-state index in [1.54, 1.807) is 11.3 Å². The van der Waals surface area contributed by atoms with Gasteiger partial charge in [0.15, 0.2) is 5.82 Å². The Morgan fingerprint density at radius 3 is 2.67 bits per heavy atom. The van der Waals surface area contributed by atoms with Crippen LogP contribution in [0.15, 0.2) is 0 Å². The Hall–Kier alpha value is -1.05. The number of H-pyrrole nitrogens is 2. The van der Waals surface area contributed by atoms with Gasteiger partial charge in [0.25, 0.3) is 0 Å². The highest BCUT2D eigenvalue weighted by Gasteiger charge is 2.31. The van der Waals surface area contributed by atoms with Crippen molar-refractivity contribution in [1.82, 2.24) is 25.1 Å². The van der Waals surface area contributed by atoms with Crippen molar-refractivity contribution < 1.29 is 0 Å². The average molecular weight is 281 g/mol. The average Bonchev–Trinajstić information content (AvgIpc) is 2.93. The van der Waals surface area contributed by atoms with Crippen LogP contribution in [-0.4, -0.2) is 39.2 Å². The number of rotatable bonds is 4. The van der Waals surface area contributed by atoms with Crippen molar-refractivity contribution in [1.29, 1.82) is 0 Å². The number of nitrogens with one attached hydrogen (secondary N) is 2. The van der Waals surface area contributed by atoms with E-state index in [2.05, 4.69) is 34.2 Å². The van der Waals surface area contributed by atoms with E-state index in [4.69, 9.17) is 17.2 Å². The van der Waals surface area contributed by atoms with Crippen LogP contribution in [0.1, 0.15) is 29.5 Å². The second kappa shape index (κ2) is 4.56. The Kier molecular flexibility index (Phi) is 3.04. The monoisotopic (exact) mass is 281 g/mol. The number of nitrogens with zero attached hydrogens (tertiary/aromatic N) is 3. The molecule has 7 heteroatoms. The summed E-state index contributed by atoms with van der Waals surface area (Å²) >= 11 is 6.72. The van der Waals surface area contributed by atoms with Gasteiger partial charge >= 0.3 is 0 Å². The minimum Gasteiger partial charge on any atom is -0.303 e. The Labute approximate surface area is 114 Å². The molecule has 2 aromatic rings. The molecule has 0 bridgehead atoms. The van der Waals surface area contributed by atoms with Gasteiger partial charge in [0.1, 0.15) is 5.01 Å². The summed E-state index contributed by atoms with van der Waals surface area (Å²) in [5, 5.41) is 7.02. The lowest BCUT2D eigenvalue weighted by atomic mass is 10.2. The normalized spacial score (nSPS) is 15.5. The van der Waals surface area contributed by atoms with Gasteiger partial charge in [-0.2, -0.15) is 4.98 Å². The van der Waals surface area contributed by atoms with E-state index in [0.29, 0.717) is 10.7 Å². The van der Waals surface area contributed by atoms with Crippen LogP contribution in [0.5, 0.6) is 0 Å². The van der Waals surface area contributed by atoms with Crippen molar-refractivity contribution >= 4 is 23.6 Å². The van der Waals surface area contributed by atoms with Crippen molar-refractivity contribution in [3.8, 4) is 10.7 Å². The lowest BCUT2D eigenvalue weighted by Crippen LogP contribution is -2.10. The first-order chi connectivity index (χ1) is 8.63. The third-order valence-electron chi connectivity index (χ3n) is 2.83. The zero-order chi connectivity index (χ0) is 12.7. The van der Waals surface area contributed by atoms with Crippen LogP contribution in [0, 0.1) is 4.77 Å². The molecule has 2 N–H and O–H groups in total. The highest BCUT2D eigenvalue weighted by atomic mass is 32.1. The summed E-state index contributed by atoms with van der Waals surface area (Å²) in [7, 11) is 4.11. The number of hydrogen-bond donors (Lipinski definition) is 2. The Morgan fingerprint density at radius 1 is 1.33 bits per heavy atom. The van der Waals surface area contributed by atoms with E-state index in [0.717, 1.165) is 22.3 Å². The Morgan fingerprint density at radius 2 is 2.11 bits per heavy atom. The van der Waals surface area contributed by atoms with Gasteiger partial charge < -0.3 is 4.90 Å². The molecule has 1 aliphatic carbocycles. The van der Waals surface area contributed by atoms with Crippen LogP contribution < -0.4 is 0 Å². The molecule has 2 aromatic heterocycles. The molecule has 0 amide bonds. The number of thiazole rings is 1. The molecule has 0 unspecified atom stereocenters. The molecule has 1 aliphatic rings. The second-order valence-corrected chi connectivity index (χ2v) is 6.32. The van der Waals surface area contributed by atoms with Gasteiger partial charge in [-0.05, 0) is 39.2 Å². The van der Waals surface area contributed by atoms with Crippen LogP contribution in [-0.2, 0) is 6.54 Å². The lowest BCUT2D eigenvalue weighted by molar-refractivity contribution is 0.401. The number of hydrogen-bond acceptors (Lipinski definition) is 5. The van der Waals surface area contributed by atoms with Crippen molar-refractivity contribution in [3.05, 3.63) is 15.5 Å². The predicted octanol–water partition coefficient (Wildman–Crippen LogP) is 2.53. The van der Waals surface area contributed by atoms with Crippen LogP contribution in [0.4, 0.5) is 0 Å². The summed E-state index contributed by atoms with van der Waals surface area (Å²) in [6, 6.07) is 0. The molecular weight excluding hydrogens is 266 g/mol. The quantitative estimate of drug-likeness (QED) is 0.845. The summed E-state index contributed by atoms with van der Waals surface area (Å²) in [6.45, 7) is 0.871. The zero-order valence-corrected chi connectivity index (χ0v) is 12.0. The van der Waals surface area contributed by atoms with E-state index in [1.165, 1.54) is 18.5 Å². The van der Waals surface area contributed by atoms with Gasteiger partial charge in [-0.1, -0.05) is 0 Å². The topological polar surface area (TPSA) is 60.6 Å². The lowest BCUT2D eigenvalue weighted by Gasteiger charge is -2.04. The fraction of sp³-hybridized carbons (Fsp3) is 0.545. The molecule has 0 aromatic carbocycles. The van der Waals surface area contributed by atoms with E-state index in [9.17, 15) is 0 Å². The van der Waals surface area contributed by atoms with Gasteiger partial charge in [0.05, 0.1) is 10.6 Å². The molecule has 2 heterocycles. The van der Waals surface area contributed by atoms with Crippen LogP contribution in [0.25, 0.3) is 10.7 Å². The standard InChI is InChI=1S/C11H15N5S2/c1-16(2)5-7-12-8(6-3-4-6)9(18-7)10-13-11(17)15-14-10/h6H,3-5H2,1-2H3,(H2,13,14,15,17). The molecule has 0 saturated heterocycles. The highest BCUT2D eigenvalue weighted by Crippen LogP contribution is 2.45. The van der Waals surface area contributed by atoms with Gasteiger partial charge in [0.2, 0.25) is 4.77 Å². The minimum atomic E-state index is 0.495. The van der Waals surface area contributed by atoms with Gasteiger partial charge in [-0.15, -0.1) is 11.3 Å². The molecule has 5 nitrogen and oxygen atoms in total. The van der Waals surface area contributed by atoms with Crippen molar-refractivity contribution in [2.75, 3.05) is 14.1 Å². The summed E-state index contributed by atoms with van der Waals surface area (Å²) in [5.41, 5.74) is 1.19. The molecule has 0 spiro atoms. The molecule has 0 aliphatic heterocycles. The first-order valence-electron chi connectivity index (χ1n) is 5.93. The minimum absolute atomic E-state index is 0.495. The maximum Gasteiger partial charge on any atom is 0.213 e. The molecule has 1 saturated carbocycles. The smallest absolute Gasteiger partial charge is 0.213 e. The predicted molar refractivity (Wildman–Crippen MR) is 74.2 cm³/mol. The Balaban J connectivity index is 2.01. The van der Waals surface area contributed by atoms with E-state index < -0.39 is 0 Å². The van der Waals surface area contributed by atoms with E-state index >= 15 is 0 Å². The number of aromatic nitrogens is 4. The van der Waals surface area contributed by atoms with E-state index in [-0.39, 0.29) is 0 Å². The van der Waals surface area contributed by atoms with E-state index in [1.807, 2.05) is 0 Å². The van der Waals surface area contributed by atoms with Crippen LogP contribution in [0.2, 0.25) is 0 Å². The molecular formula is C11H15N5S2. The van der Waals surface area contributed by atoms with Crippen molar-refractivity contribution in [2.24, 2.45) is 0 Å². The summed E-state index contributed by atoms with van der Waals surface area (Å²) in [5.74, 6) is 1.44. The summed E-state index contributed by atoms with van der Waals surface area (Å²) < 4.78 is 0.495. The molecule has 0 radical (unpaired) electrons. The number of aromatic amines is 2. The Bertz CT molecular complexity index is 605. The van der Waals surface area contributed by atoms with Crippen molar-refractivity contribution in [3.63, 3.8) is 0 Å². The maximum atomic E-state index is 5.01.